The third kappa shape index (κ3) is 7.16. The van der Waals surface area contributed by atoms with E-state index in [1.807, 2.05) is 0 Å². The predicted molar refractivity (Wildman–Crippen MR) is 69.3 cm³/mol. The van der Waals surface area contributed by atoms with E-state index in [0.29, 0.717) is 0 Å². The molecule has 18 heteroatoms. The number of hydrogen-bond donors (Lipinski definition) is 6. The summed E-state index contributed by atoms with van der Waals surface area (Å²) >= 11 is 0. The molecule has 0 saturated carbocycles. The second kappa shape index (κ2) is 7.39. The van der Waals surface area contributed by atoms with Gasteiger partial charge in [-0.1, -0.05) is 0 Å². The van der Waals surface area contributed by atoms with Crippen LogP contribution >= 0.6 is 0 Å². The standard InChI is InChI=1S/C6H13NO14S3/c8-4-2(1-19-23(13,14)15)20-6(9)3(7-22(10,11)12)5(4)21-24(16,17)18/h2-9H,1H2,(H,10,11,12)(H,13,14,15)(H,16,17,18)/t2-,3-,4-,5-,6?/m1/s1. The highest BCUT2D eigenvalue weighted by Gasteiger charge is 2.49. The Balaban J connectivity index is 3.08. The Kier molecular flexibility index (Phi) is 6.63. The van der Waals surface area contributed by atoms with Crippen LogP contribution in [0.2, 0.25) is 0 Å². The Morgan fingerprint density at radius 1 is 0.958 bits per heavy atom. The van der Waals surface area contributed by atoms with Gasteiger partial charge in [-0.05, 0) is 0 Å². The van der Waals surface area contributed by atoms with E-state index in [2.05, 4.69) is 13.1 Å². The van der Waals surface area contributed by atoms with Crippen molar-refractivity contribution >= 4 is 31.1 Å². The summed E-state index contributed by atoms with van der Waals surface area (Å²) in [6.07, 6.45) is -8.58. The molecule has 5 atom stereocenters. The molecule has 0 amide bonds. The summed E-state index contributed by atoms with van der Waals surface area (Å²) in [4.78, 5) is 0. The quantitative estimate of drug-likeness (QED) is 0.214. The molecule has 1 saturated heterocycles. The molecule has 0 aliphatic carbocycles. The minimum atomic E-state index is -5.29. The first-order chi connectivity index (χ1) is 10.6. The van der Waals surface area contributed by atoms with Crippen molar-refractivity contribution in [3.63, 3.8) is 0 Å². The molecule has 0 aromatic carbocycles. The topological polar surface area (TPSA) is 243 Å². The minimum absolute atomic E-state index is 1.14. The lowest BCUT2D eigenvalue weighted by molar-refractivity contribution is -0.245. The fourth-order valence-corrected chi connectivity index (χ4v) is 3.19. The van der Waals surface area contributed by atoms with Crippen molar-refractivity contribution < 1.29 is 62.2 Å². The summed E-state index contributed by atoms with van der Waals surface area (Å²) in [5.74, 6) is 0. The largest absolute Gasteiger partial charge is 0.397 e. The van der Waals surface area contributed by atoms with Gasteiger partial charge >= 0.3 is 31.1 Å². The molecule has 24 heavy (non-hydrogen) atoms. The number of nitrogens with one attached hydrogen (secondary N) is 1. The van der Waals surface area contributed by atoms with Gasteiger partial charge in [0.1, 0.15) is 24.4 Å². The molecule has 0 spiro atoms. The van der Waals surface area contributed by atoms with Crippen LogP contribution in [0.3, 0.4) is 0 Å². The average Bonchev–Trinajstić information content (AvgIpc) is 2.32. The zero-order valence-electron chi connectivity index (χ0n) is 11.2. The lowest BCUT2D eigenvalue weighted by Crippen LogP contribution is -2.65. The molecule has 144 valence electrons. The van der Waals surface area contributed by atoms with Crippen LogP contribution in [0.4, 0.5) is 0 Å². The van der Waals surface area contributed by atoms with Crippen molar-refractivity contribution in [2.24, 2.45) is 0 Å². The predicted octanol–water partition coefficient (Wildman–Crippen LogP) is -4.17. The number of ether oxygens (including phenoxy) is 1. The van der Waals surface area contributed by atoms with Crippen molar-refractivity contribution in [2.75, 3.05) is 6.61 Å². The van der Waals surface area contributed by atoms with Gasteiger partial charge in [0, 0.05) is 0 Å². The molecule has 1 fully saturated rings. The maximum absolute atomic E-state index is 10.8. The van der Waals surface area contributed by atoms with Crippen LogP contribution in [0, 0.1) is 0 Å². The van der Waals surface area contributed by atoms with Gasteiger partial charge in [0.25, 0.3) is 0 Å². The number of rotatable bonds is 7. The number of aliphatic hydroxyl groups is 2. The fraction of sp³-hybridized carbons (Fsp3) is 1.00. The lowest BCUT2D eigenvalue weighted by atomic mass is 9.98. The monoisotopic (exact) mass is 419 g/mol. The molecular formula is C6H13NO14S3. The van der Waals surface area contributed by atoms with E-state index in [1.165, 1.54) is 4.72 Å². The summed E-state index contributed by atoms with van der Waals surface area (Å²) < 4.78 is 104. The molecule has 0 radical (unpaired) electrons. The first-order valence-corrected chi connectivity index (χ1v) is 9.80. The summed E-state index contributed by atoms with van der Waals surface area (Å²) in [5, 5.41) is 19.5. The smallest absolute Gasteiger partial charge is 0.387 e. The highest BCUT2D eigenvalue weighted by molar-refractivity contribution is 7.83. The zero-order chi connectivity index (χ0) is 18.9. The second-order valence-corrected chi connectivity index (χ2v) is 7.70. The van der Waals surface area contributed by atoms with Crippen LogP contribution in [0.15, 0.2) is 0 Å². The Hall–Kier alpha value is -0.510. The second-order valence-electron chi connectivity index (χ2n) is 4.38. The van der Waals surface area contributed by atoms with Crippen LogP contribution < -0.4 is 4.72 Å². The van der Waals surface area contributed by atoms with Gasteiger partial charge in [-0.25, -0.2) is 8.37 Å². The van der Waals surface area contributed by atoms with Gasteiger partial charge in [-0.3, -0.25) is 13.7 Å². The van der Waals surface area contributed by atoms with Gasteiger partial charge in [0.05, 0.1) is 6.61 Å². The number of aliphatic hydroxyl groups excluding tert-OH is 2. The Labute approximate surface area is 135 Å². The average molecular weight is 419 g/mol. The first kappa shape index (κ1) is 21.5. The van der Waals surface area contributed by atoms with Gasteiger partial charge in [0.15, 0.2) is 6.29 Å². The fourth-order valence-electron chi connectivity index (χ4n) is 1.78. The van der Waals surface area contributed by atoms with E-state index in [9.17, 15) is 35.5 Å². The van der Waals surface area contributed by atoms with Gasteiger partial charge in [-0.2, -0.15) is 30.0 Å². The molecule has 1 unspecified atom stereocenters. The maximum atomic E-state index is 10.8. The Morgan fingerprint density at radius 2 is 1.50 bits per heavy atom. The van der Waals surface area contributed by atoms with Crippen molar-refractivity contribution in [2.45, 2.75) is 30.6 Å². The van der Waals surface area contributed by atoms with Crippen LogP contribution in [0.25, 0.3) is 0 Å². The number of hydrogen-bond acceptors (Lipinski definition) is 11. The molecule has 6 N–H and O–H groups in total. The van der Waals surface area contributed by atoms with E-state index in [0.717, 1.165) is 0 Å². The van der Waals surface area contributed by atoms with Crippen LogP contribution in [0.5, 0.6) is 0 Å². The molecule has 0 bridgehead atoms. The molecule has 1 aliphatic heterocycles. The molecule has 0 aromatic heterocycles. The third-order valence-corrected chi connectivity index (χ3v) is 4.06. The van der Waals surface area contributed by atoms with Crippen molar-refractivity contribution in [1.29, 1.82) is 0 Å². The Bertz CT molecular complexity index is 741. The van der Waals surface area contributed by atoms with E-state index in [-0.39, 0.29) is 0 Å². The molecule has 1 aliphatic rings. The van der Waals surface area contributed by atoms with Gasteiger partial charge in [-0.15, -0.1) is 0 Å². The first-order valence-electron chi connectivity index (χ1n) is 5.63. The van der Waals surface area contributed by atoms with Crippen molar-refractivity contribution in [3.8, 4) is 0 Å². The summed E-state index contributed by atoms with van der Waals surface area (Å²) in [7, 11) is -15.3. The summed E-state index contributed by atoms with van der Waals surface area (Å²) in [6, 6.07) is -2.13. The molecule has 0 aromatic rings. The maximum Gasteiger partial charge on any atom is 0.397 e. The van der Waals surface area contributed by atoms with E-state index in [4.69, 9.17) is 13.7 Å². The van der Waals surface area contributed by atoms with Crippen LogP contribution in [0.1, 0.15) is 0 Å². The molecular weight excluding hydrogens is 406 g/mol. The highest BCUT2D eigenvalue weighted by Crippen LogP contribution is 2.24. The van der Waals surface area contributed by atoms with Gasteiger partial charge < -0.3 is 14.9 Å². The highest BCUT2D eigenvalue weighted by atomic mass is 32.3. The van der Waals surface area contributed by atoms with Crippen LogP contribution in [-0.4, -0.2) is 86.4 Å². The van der Waals surface area contributed by atoms with E-state index in [1.54, 1.807) is 0 Å². The van der Waals surface area contributed by atoms with Crippen molar-refractivity contribution in [3.05, 3.63) is 0 Å². The summed E-state index contributed by atoms with van der Waals surface area (Å²) in [6.45, 7) is -1.14. The molecule has 1 heterocycles. The van der Waals surface area contributed by atoms with Crippen LogP contribution in [-0.2, 0) is 44.2 Å². The third-order valence-electron chi connectivity index (χ3n) is 2.59. The van der Waals surface area contributed by atoms with Crippen molar-refractivity contribution in [1.82, 2.24) is 4.72 Å². The normalized spacial score (nSPS) is 32.6. The zero-order valence-corrected chi connectivity index (χ0v) is 13.7. The molecule has 15 nitrogen and oxygen atoms in total. The summed E-state index contributed by atoms with van der Waals surface area (Å²) in [5.41, 5.74) is 0. The van der Waals surface area contributed by atoms with Gasteiger partial charge in [0.2, 0.25) is 0 Å². The SMILES string of the molecule is O=S(=O)(O)N[C@H]1C(O)O[C@H](COS(=O)(=O)O)[C@@H](O)[C@@H]1OS(=O)(=O)O. The molecule has 1 rings (SSSR count). The van der Waals surface area contributed by atoms with E-state index < -0.39 is 68.4 Å². The lowest BCUT2D eigenvalue weighted by Gasteiger charge is -2.41. The minimum Gasteiger partial charge on any atom is -0.387 e. The van der Waals surface area contributed by atoms with E-state index >= 15 is 0 Å². The Morgan fingerprint density at radius 3 is 1.92 bits per heavy atom.